The molecule has 2 aliphatic rings. The number of piperazine rings is 1. The van der Waals surface area contributed by atoms with E-state index in [-0.39, 0.29) is 12.0 Å². The number of amides is 1. The lowest BCUT2D eigenvalue weighted by Gasteiger charge is -2.37. The van der Waals surface area contributed by atoms with Crippen molar-refractivity contribution in [2.75, 3.05) is 52.4 Å². The van der Waals surface area contributed by atoms with Gasteiger partial charge >= 0.3 is 0 Å². The molecule has 0 aliphatic carbocycles. The number of carbonyl (C=O) groups is 1. The molecule has 7 nitrogen and oxygen atoms in total. The second-order valence-electron chi connectivity index (χ2n) is 8.13. The summed E-state index contributed by atoms with van der Waals surface area (Å²) in [6, 6.07) is 4.27. The highest BCUT2D eigenvalue weighted by atomic mass is 32.1. The molecule has 2 aromatic rings. The minimum atomic E-state index is 0.0806. The summed E-state index contributed by atoms with van der Waals surface area (Å²) in [6.07, 6.45) is 0.0806. The van der Waals surface area contributed by atoms with Crippen LogP contribution in [-0.4, -0.2) is 88.9 Å². The normalized spacial score (nSPS) is 21.6. The first-order valence-electron chi connectivity index (χ1n) is 10.4. The van der Waals surface area contributed by atoms with Crippen LogP contribution in [0.1, 0.15) is 17.0 Å². The van der Waals surface area contributed by atoms with Crippen LogP contribution in [0.4, 0.5) is 0 Å². The van der Waals surface area contributed by atoms with Gasteiger partial charge in [0.1, 0.15) is 0 Å². The molecule has 29 heavy (non-hydrogen) atoms. The molecular formula is C21H31N5O2S. The Morgan fingerprint density at radius 2 is 2.03 bits per heavy atom. The number of carbonyl (C=O) groups excluding carboxylic acids is 1. The first kappa shape index (κ1) is 20.5. The molecule has 2 saturated heterocycles. The fraction of sp³-hybridized carbons (Fsp3) is 0.619. The van der Waals surface area contributed by atoms with E-state index in [0.717, 1.165) is 63.7 Å². The largest absolute Gasteiger partial charge is 0.374 e. The zero-order valence-electron chi connectivity index (χ0n) is 17.4. The van der Waals surface area contributed by atoms with Crippen LogP contribution >= 0.6 is 11.3 Å². The second kappa shape index (κ2) is 9.38. The van der Waals surface area contributed by atoms with Crippen molar-refractivity contribution in [2.24, 2.45) is 0 Å². The number of hydrogen-bond acceptors (Lipinski definition) is 6. The maximum atomic E-state index is 12.8. The highest BCUT2D eigenvalue weighted by Gasteiger charge is 2.27. The van der Waals surface area contributed by atoms with Crippen molar-refractivity contribution in [2.45, 2.75) is 33.0 Å². The fourth-order valence-corrected chi connectivity index (χ4v) is 4.83. The lowest BCUT2D eigenvalue weighted by Crippen LogP contribution is -2.53. The van der Waals surface area contributed by atoms with Gasteiger partial charge in [0.2, 0.25) is 5.91 Å². The second-order valence-corrected chi connectivity index (χ2v) is 8.91. The van der Waals surface area contributed by atoms with Crippen molar-refractivity contribution < 1.29 is 9.53 Å². The Hall–Kier alpha value is -1.74. The Bertz CT molecular complexity index is 798. The Balaban J connectivity index is 1.22. The third-order valence-electron chi connectivity index (χ3n) is 5.77. The molecule has 4 heterocycles. The van der Waals surface area contributed by atoms with E-state index in [4.69, 9.17) is 4.74 Å². The zero-order chi connectivity index (χ0) is 20.2. The van der Waals surface area contributed by atoms with Crippen LogP contribution < -0.4 is 0 Å². The third kappa shape index (κ3) is 5.45. The molecule has 2 aromatic heterocycles. The van der Waals surface area contributed by atoms with Gasteiger partial charge in [-0.1, -0.05) is 0 Å². The molecule has 0 spiro atoms. The molecule has 2 fully saturated rings. The quantitative estimate of drug-likeness (QED) is 0.715. The molecule has 1 amide bonds. The maximum absolute atomic E-state index is 12.8. The van der Waals surface area contributed by atoms with E-state index in [1.807, 2.05) is 16.5 Å². The lowest BCUT2D eigenvalue weighted by molar-refractivity contribution is -0.136. The van der Waals surface area contributed by atoms with Gasteiger partial charge in [0.25, 0.3) is 0 Å². The molecule has 0 saturated carbocycles. The summed E-state index contributed by atoms with van der Waals surface area (Å²) in [4.78, 5) is 19.5. The highest BCUT2D eigenvalue weighted by Crippen LogP contribution is 2.13. The summed E-state index contributed by atoms with van der Waals surface area (Å²) >= 11 is 1.74. The summed E-state index contributed by atoms with van der Waals surface area (Å²) in [5.41, 5.74) is 3.56. The summed E-state index contributed by atoms with van der Waals surface area (Å²) in [5.74, 6) is 0.243. The van der Waals surface area contributed by atoms with Gasteiger partial charge in [-0.3, -0.25) is 19.3 Å². The van der Waals surface area contributed by atoms with E-state index in [9.17, 15) is 4.79 Å². The van der Waals surface area contributed by atoms with E-state index >= 15 is 0 Å². The van der Waals surface area contributed by atoms with Crippen LogP contribution in [0.3, 0.4) is 0 Å². The number of nitrogens with zero attached hydrogens (tertiary/aromatic N) is 5. The average molecular weight is 418 g/mol. The molecule has 1 unspecified atom stereocenters. The van der Waals surface area contributed by atoms with E-state index in [2.05, 4.69) is 44.7 Å². The molecule has 4 rings (SSSR count). The fourth-order valence-electron chi connectivity index (χ4n) is 4.17. The van der Waals surface area contributed by atoms with Crippen LogP contribution in [0.25, 0.3) is 0 Å². The molecule has 158 valence electrons. The van der Waals surface area contributed by atoms with Gasteiger partial charge in [-0.2, -0.15) is 16.4 Å². The predicted octanol–water partition coefficient (Wildman–Crippen LogP) is 1.61. The molecule has 2 aliphatic heterocycles. The van der Waals surface area contributed by atoms with Crippen molar-refractivity contribution in [3.63, 3.8) is 0 Å². The summed E-state index contributed by atoms with van der Waals surface area (Å²) < 4.78 is 7.95. The van der Waals surface area contributed by atoms with Crippen LogP contribution in [0.5, 0.6) is 0 Å². The van der Waals surface area contributed by atoms with Crippen LogP contribution in [0, 0.1) is 13.8 Å². The zero-order valence-corrected chi connectivity index (χ0v) is 18.2. The van der Waals surface area contributed by atoms with Gasteiger partial charge in [-0.15, -0.1) is 0 Å². The number of rotatable bonds is 6. The number of aromatic nitrogens is 2. The Labute approximate surface area is 176 Å². The molecule has 1 atom stereocenters. The molecule has 0 radical (unpaired) electrons. The van der Waals surface area contributed by atoms with Crippen molar-refractivity contribution in [1.29, 1.82) is 0 Å². The Morgan fingerprint density at radius 3 is 2.72 bits per heavy atom. The Morgan fingerprint density at radius 1 is 1.21 bits per heavy atom. The topological polar surface area (TPSA) is 53.8 Å². The third-order valence-corrected chi connectivity index (χ3v) is 6.51. The number of thiophene rings is 1. The lowest BCUT2D eigenvalue weighted by atomic mass is 10.2. The van der Waals surface area contributed by atoms with Gasteiger partial charge in [0.05, 0.1) is 31.5 Å². The summed E-state index contributed by atoms with van der Waals surface area (Å²) in [5, 5.41) is 8.87. The molecule has 0 N–H and O–H groups in total. The standard InChI is InChI=1S/C21H31N5O2S/c1-17-11-18(2)26(22-17)14-20-13-24(8-9-28-20)15-21(27)25-6-4-23(5-7-25)12-19-3-10-29-16-19/h3,10-11,16,20H,4-9,12-15H2,1-2H3. The van der Waals surface area contributed by atoms with Gasteiger partial charge in [0.15, 0.2) is 0 Å². The molecule has 0 bridgehead atoms. The molecular weight excluding hydrogens is 386 g/mol. The predicted molar refractivity (Wildman–Crippen MR) is 114 cm³/mol. The van der Waals surface area contributed by atoms with E-state index in [1.54, 1.807) is 11.3 Å². The first-order chi connectivity index (χ1) is 14.1. The number of aryl methyl sites for hydroxylation is 2. The number of ether oxygens (including phenoxy) is 1. The van der Waals surface area contributed by atoms with Gasteiger partial charge in [0, 0.05) is 51.5 Å². The van der Waals surface area contributed by atoms with Crippen LogP contribution in [-0.2, 0) is 22.6 Å². The molecule has 8 heteroatoms. The monoisotopic (exact) mass is 417 g/mol. The minimum Gasteiger partial charge on any atom is -0.374 e. The van der Waals surface area contributed by atoms with Crippen molar-refractivity contribution in [1.82, 2.24) is 24.5 Å². The number of hydrogen-bond donors (Lipinski definition) is 0. The van der Waals surface area contributed by atoms with Crippen molar-refractivity contribution in [3.05, 3.63) is 39.8 Å². The highest BCUT2D eigenvalue weighted by molar-refractivity contribution is 7.07. The first-order valence-corrected chi connectivity index (χ1v) is 11.4. The van der Waals surface area contributed by atoms with Gasteiger partial charge < -0.3 is 9.64 Å². The van der Waals surface area contributed by atoms with Gasteiger partial charge in [-0.05, 0) is 42.3 Å². The van der Waals surface area contributed by atoms with Crippen LogP contribution in [0.2, 0.25) is 0 Å². The summed E-state index contributed by atoms with van der Waals surface area (Å²) in [6.45, 7) is 12.1. The number of morpholine rings is 1. The van der Waals surface area contributed by atoms with E-state index in [0.29, 0.717) is 13.2 Å². The SMILES string of the molecule is Cc1cc(C)n(CC2CN(CC(=O)N3CCN(Cc4ccsc4)CC3)CCO2)n1. The van der Waals surface area contributed by atoms with Crippen molar-refractivity contribution >= 4 is 17.2 Å². The summed E-state index contributed by atoms with van der Waals surface area (Å²) in [7, 11) is 0. The van der Waals surface area contributed by atoms with Crippen LogP contribution in [0.15, 0.2) is 22.9 Å². The van der Waals surface area contributed by atoms with Gasteiger partial charge in [-0.25, -0.2) is 0 Å². The smallest absolute Gasteiger partial charge is 0.236 e. The van der Waals surface area contributed by atoms with Crippen molar-refractivity contribution in [3.8, 4) is 0 Å². The van der Waals surface area contributed by atoms with E-state index < -0.39 is 0 Å². The van der Waals surface area contributed by atoms with E-state index in [1.165, 1.54) is 5.56 Å². The Kier molecular flexibility index (Phi) is 6.64. The average Bonchev–Trinajstić information content (AvgIpc) is 3.32. The maximum Gasteiger partial charge on any atom is 0.236 e. The minimum absolute atomic E-state index is 0.0806. The molecule has 0 aromatic carbocycles.